The lowest BCUT2D eigenvalue weighted by atomic mass is 9.67. The van der Waals surface area contributed by atoms with E-state index in [-0.39, 0.29) is 0 Å². The molecule has 15 aromatic carbocycles. The van der Waals surface area contributed by atoms with Crippen molar-refractivity contribution in [1.29, 1.82) is 10.5 Å². The Kier molecular flexibility index (Phi) is 16.2. The quantitative estimate of drug-likeness (QED) is 0.141. The van der Waals surface area contributed by atoms with Crippen LogP contribution < -0.4 is 0 Å². The monoisotopic (exact) mass is 1430 g/mol. The highest BCUT2D eigenvalue weighted by molar-refractivity contribution is 8.00. The van der Waals surface area contributed by atoms with E-state index in [0.717, 1.165) is 78.4 Å². The molecule has 2 aliphatic heterocycles. The number of aromatic nitrogens is 4. The summed E-state index contributed by atoms with van der Waals surface area (Å²) in [5, 5.41) is 19.0. The lowest BCUT2D eigenvalue weighted by molar-refractivity contribution is 0.723. The Bertz CT molecular complexity index is 6480. The van der Waals surface area contributed by atoms with E-state index in [9.17, 15) is 10.5 Å². The van der Waals surface area contributed by atoms with Crippen LogP contribution in [0.4, 0.5) is 0 Å². The number of rotatable bonds is 9. The number of nitriles is 2. The molecule has 2 spiro atoms. The molecule has 512 valence electrons. The van der Waals surface area contributed by atoms with E-state index in [2.05, 4.69) is 315 Å². The van der Waals surface area contributed by atoms with Gasteiger partial charge in [0.1, 0.15) is 0 Å². The van der Waals surface area contributed by atoms with E-state index in [1.54, 1.807) is 0 Å². The fraction of sp³-hybridized carbons (Fsp3) is 0.0196. The van der Waals surface area contributed by atoms with Gasteiger partial charge in [0.05, 0.1) is 56.9 Å². The van der Waals surface area contributed by atoms with E-state index < -0.39 is 10.8 Å². The van der Waals surface area contributed by atoms with Gasteiger partial charge in [-0.2, -0.15) is 10.5 Å². The molecular weight excluding hydrogens is 1370 g/mol. The zero-order valence-electron chi connectivity index (χ0n) is 59.3. The van der Waals surface area contributed by atoms with Crippen LogP contribution in [-0.2, 0) is 10.8 Å². The van der Waals surface area contributed by atoms with E-state index >= 15 is 0 Å². The normalized spacial score (nSPS) is 14.7. The van der Waals surface area contributed by atoms with Gasteiger partial charge >= 0.3 is 0 Å². The Labute approximate surface area is 647 Å². The van der Waals surface area contributed by atoms with Gasteiger partial charge in [0.15, 0.2) is 11.6 Å². The molecule has 4 heterocycles. The minimum absolute atomic E-state index is 0.527. The SMILES string of the molecule is N#Cc1ccc(-c2cccc3c2Sc2ccccc2C32c3ccccc3-c3c(-c4ccc(-c5nc(-c6ccccc6)cc(-c6ccccc6)n5)cc4)cccc32)cc1.N#Cc1ccc(-c2cccc3c2Sc2ccccc2C32c3ccccc3-c3c(-c4nc(-c5ccccc5)cc(-c5ccccc5)n4)cccc32)cc1. The van der Waals surface area contributed by atoms with Gasteiger partial charge in [-0.25, -0.2) is 19.9 Å². The second-order valence-electron chi connectivity index (χ2n) is 28.0. The summed E-state index contributed by atoms with van der Waals surface area (Å²) in [6.07, 6.45) is 0. The number of nitrogens with zero attached hydrogens (tertiary/aromatic N) is 6. The van der Waals surface area contributed by atoms with Crippen molar-refractivity contribution in [3.8, 4) is 136 Å². The van der Waals surface area contributed by atoms with Crippen LogP contribution in [0, 0.1) is 22.7 Å². The van der Waals surface area contributed by atoms with E-state index in [1.165, 1.54) is 97.5 Å². The summed E-state index contributed by atoms with van der Waals surface area (Å²) >= 11 is 3.68. The first-order valence-electron chi connectivity index (χ1n) is 36.8. The van der Waals surface area contributed by atoms with Gasteiger partial charge in [-0.15, -0.1) is 0 Å². The van der Waals surface area contributed by atoms with Crippen LogP contribution in [0.2, 0.25) is 0 Å². The van der Waals surface area contributed by atoms with Crippen molar-refractivity contribution in [2.45, 2.75) is 30.4 Å². The Morgan fingerprint density at radius 2 is 0.509 bits per heavy atom. The van der Waals surface area contributed by atoms with Gasteiger partial charge in [-0.3, -0.25) is 0 Å². The second-order valence-corrected chi connectivity index (χ2v) is 30.1. The molecule has 6 nitrogen and oxygen atoms in total. The Balaban J connectivity index is 0.000000145. The Morgan fingerprint density at radius 1 is 0.218 bits per heavy atom. The van der Waals surface area contributed by atoms with Crippen LogP contribution in [0.25, 0.3) is 123 Å². The first-order valence-corrected chi connectivity index (χ1v) is 38.5. The number of fused-ring (bicyclic) bond motifs is 18. The van der Waals surface area contributed by atoms with Gasteiger partial charge < -0.3 is 0 Å². The van der Waals surface area contributed by atoms with Gasteiger partial charge in [-0.05, 0) is 149 Å². The number of benzene rings is 15. The largest absolute Gasteiger partial charge is 0.228 e. The average molecular weight is 1440 g/mol. The molecule has 0 fully saturated rings. The van der Waals surface area contributed by atoms with Crippen molar-refractivity contribution in [3.05, 3.63) is 432 Å². The molecule has 2 aromatic heterocycles. The predicted molar refractivity (Wildman–Crippen MR) is 445 cm³/mol. The third-order valence-corrected chi connectivity index (χ3v) is 24.5. The van der Waals surface area contributed by atoms with Gasteiger partial charge in [0.2, 0.25) is 0 Å². The van der Waals surface area contributed by atoms with Crippen LogP contribution in [0.15, 0.2) is 396 Å². The minimum Gasteiger partial charge on any atom is -0.228 e. The molecular formula is C102H62N6S2. The molecule has 4 aliphatic rings. The van der Waals surface area contributed by atoms with Crippen molar-refractivity contribution < 1.29 is 0 Å². The van der Waals surface area contributed by atoms with Crippen molar-refractivity contribution in [2.75, 3.05) is 0 Å². The van der Waals surface area contributed by atoms with E-state index in [0.29, 0.717) is 22.8 Å². The van der Waals surface area contributed by atoms with Crippen molar-refractivity contribution in [2.24, 2.45) is 0 Å². The third kappa shape index (κ3) is 10.7. The molecule has 0 saturated heterocycles. The average Bonchev–Trinajstić information content (AvgIpc) is 1.52. The standard InChI is InChI=1S/C54H33N3S.C48H29N3S/c55-34-35-25-27-37(28-26-35)42-19-12-23-47-52(42)58-50-24-10-9-21-45(50)54(47)44-20-8-7-17-43(44)51-41(18-11-22-46(51)54)36-29-31-40(32-30-36)53-56-48(38-13-3-1-4-14-38)33-49(57-53)39-15-5-2-6-16-39;49-30-31-25-27-32(28-26-31)35-18-11-23-41-46(35)52-44-24-10-9-21-39(44)48(41)38-20-8-7-17-36(38)45-37(19-12-22-40(45)48)47-50-42(33-13-3-1-4-14-33)29-43(51-47)34-15-5-2-6-16-34/h1-33H;1-29H. The predicted octanol–water partition coefficient (Wildman–Crippen LogP) is 25.4. The van der Waals surface area contributed by atoms with Gasteiger partial charge in [-0.1, -0.05) is 351 Å². The molecule has 2 atom stereocenters. The Hall–Kier alpha value is -13.9. The molecule has 0 bridgehead atoms. The van der Waals surface area contributed by atoms with Crippen LogP contribution in [0.5, 0.6) is 0 Å². The fourth-order valence-corrected chi connectivity index (χ4v) is 19.9. The molecule has 2 aliphatic carbocycles. The highest BCUT2D eigenvalue weighted by atomic mass is 32.2. The topological polar surface area (TPSA) is 99.1 Å². The Morgan fingerprint density at radius 3 is 0.918 bits per heavy atom. The van der Waals surface area contributed by atoms with Crippen molar-refractivity contribution in [1.82, 2.24) is 19.9 Å². The van der Waals surface area contributed by atoms with Crippen LogP contribution in [0.3, 0.4) is 0 Å². The molecule has 21 rings (SSSR count). The summed E-state index contributed by atoms with van der Waals surface area (Å²) in [5.74, 6) is 1.40. The third-order valence-electron chi connectivity index (χ3n) is 22.1. The number of hydrogen-bond acceptors (Lipinski definition) is 8. The van der Waals surface area contributed by atoms with Gasteiger partial charge in [0, 0.05) is 53.0 Å². The van der Waals surface area contributed by atoms with E-state index in [4.69, 9.17) is 19.9 Å². The molecule has 0 N–H and O–H groups in total. The molecule has 0 radical (unpaired) electrons. The van der Waals surface area contributed by atoms with E-state index in [1.807, 2.05) is 96.3 Å². The lowest BCUT2D eigenvalue weighted by Gasteiger charge is -2.40. The molecule has 110 heavy (non-hydrogen) atoms. The van der Waals surface area contributed by atoms with Crippen LogP contribution >= 0.6 is 23.5 Å². The summed E-state index contributed by atoms with van der Waals surface area (Å²) in [4.78, 5) is 25.8. The summed E-state index contributed by atoms with van der Waals surface area (Å²) in [5.41, 5.74) is 31.9. The first kappa shape index (κ1) is 65.6. The molecule has 0 amide bonds. The molecule has 17 aromatic rings. The zero-order chi connectivity index (χ0) is 73.3. The minimum atomic E-state index is -0.568. The smallest absolute Gasteiger partial charge is 0.161 e. The number of hydrogen-bond donors (Lipinski definition) is 0. The lowest BCUT2D eigenvalue weighted by Crippen LogP contribution is -2.32. The first-order chi connectivity index (χ1) is 54.4. The maximum Gasteiger partial charge on any atom is 0.161 e. The van der Waals surface area contributed by atoms with Gasteiger partial charge in [0.25, 0.3) is 0 Å². The zero-order valence-corrected chi connectivity index (χ0v) is 60.9. The fourth-order valence-electron chi connectivity index (χ4n) is 17.2. The maximum atomic E-state index is 9.54. The summed E-state index contributed by atoms with van der Waals surface area (Å²) in [6, 6.07) is 137. The summed E-state index contributed by atoms with van der Waals surface area (Å²) in [6.45, 7) is 0. The molecule has 2 unspecified atom stereocenters. The summed E-state index contributed by atoms with van der Waals surface area (Å²) < 4.78 is 0. The highest BCUT2D eigenvalue weighted by Gasteiger charge is 2.53. The summed E-state index contributed by atoms with van der Waals surface area (Å²) in [7, 11) is 0. The molecule has 8 heteroatoms. The molecule has 0 saturated carbocycles. The maximum absolute atomic E-state index is 9.54. The van der Waals surface area contributed by atoms with Crippen LogP contribution in [-0.4, -0.2) is 19.9 Å². The van der Waals surface area contributed by atoms with Crippen molar-refractivity contribution >= 4 is 23.5 Å². The second kappa shape index (κ2) is 27.2. The highest BCUT2D eigenvalue weighted by Crippen LogP contribution is 2.67. The van der Waals surface area contributed by atoms with Crippen molar-refractivity contribution in [3.63, 3.8) is 0 Å². The van der Waals surface area contributed by atoms with Crippen LogP contribution in [0.1, 0.15) is 55.6 Å².